The SMILES string of the molecule is COc1c(NCc2cccc(F)c2)sc(C(N)=O)c1N. The van der Waals surface area contributed by atoms with Gasteiger partial charge in [0.05, 0.1) is 7.11 Å². The van der Waals surface area contributed by atoms with Crippen molar-refractivity contribution in [3.05, 3.63) is 40.5 Å². The summed E-state index contributed by atoms with van der Waals surface area (Å²) in [5, 5.41) is 3.65. The van der Waals surface area contributed by atoms with E-state index in [0.717, 1.165) is 16.9 Å². The lowest BCUT2D eigenvalue weighted by Crippen LogP contribution is -2.10. The van der Waals surface area contributed by atoms with E-state index in [-0.39, 0.29) is 16.4 Å². The topological polar surface area (TPSA) is 90.4 Å². The molecule has 0 aliphatic rings. The van der Waals surface area contributed by atoms with Crippen molar-refractivity contribution in [3.8, 4) is 5.75 Å². The fourth-order valence-electron chi connectivity index (χ4n) is 1.76. The number of carbonyl (C=O) groups excluding carboxylic acids is 1. The zero-order chi connectivity index (χ0) is 14.7. The van der Waals surface area contributed by atoms with Gasteiger partial charge < -0.3 is 21.5 Å². The van der Waals surface area contributed by atoms with Crippen molar-refractivity contribution in [3.63, 3.8) is 0 Å². The molecule has 0 atom stereocenters. The van der Waals surface area contributed by atoms with Gasteiger partial charge in [-0.3, -0.25) is 4.79 Å². The summed E-state index contributed by atoms with van der Waals surface area (Å²) in [6.07, 6.45) is 0. The van der Waals surface area contributed by atoms with Gasteiger partial charge in [0.15, 0.2) is 5.75 Å². The van der Waals surface area contributed by atoms with Crippen LogP contribution >= 0.6 is 11.3 Å². The van der Waals surface area contributed by atoms with E-state index in [1.54, 1.807) is 12.1 Å². The number of hydrogen-bond acceptors (Lipinski definition) is 5. The molecule has 0 spiro atoms. The van der Waals surface area contributed by atoms with E-state index in [2.05, 4.69) is 5.32 Å². The highest BCUT2D eigenvalue weighted by atomic mass is 32.1. The first-order valence-corrected chi connectivity index (χ1v) is 6.59. The Balaban J connectivity index is 2.21. The van der Waals surface area contributed by atoms with Crippen LogP contribution in [0, 0.1) is 5.82 Å². The van der Waals surface area contributed by atoms with Crippen LogP contribution in [0.4, 0.5) is 15.1 Å². The van der Waals surface area contributed by atoms with Crippen molar-refractivity contribution >= 4 is 27.9 Å². The average Bonchev–Trinajstić information content (AvgIpc) is 2.73. The minimum Gasteiger partial charge on any atom is -0.492 e. The minimum absolute atomic E-state index is 0.215. The number of nitrogen functional groups attached to an aromatic ring is 1. The van der Waals surface area contributed by atoms with Gasteiger partial charge in [0.1, 0.15) is 21.4 Å². The van der Waals surface area contributed by atoms with Gasteiger partial charge in [0.2, 0.25) is 0 Å². The second kappa shape index (κ2) is 5.79. The summed E-state index contributed by atoms with van der Waals surface area (Å²) in [5.74, 6) is -0.537. The number of carbonyl (C=O) groups is 1. The number of amides is 1. The van der Waals surface area contributed by atoms with E-state index in [9.17, 15) is 9.18 Å². The number of nitrogens with two attached hydrogens (primary N) is 2. The lowest BCUT2D eigenvalue weighted by Gasteiger charge is -2.07. The molecule has 1 heterocycles. The van der Waals surface area contributed by atoms with Crippen molar-refractivity contribution in [1.29, 1.82) is 0 Å². The van der Waals surface area contributed by atoms with E-state index in [0.29, 0.717) is 17.3 Å². The number of anilines is 2. The van der Waals surface area contributed by atoms with Crippen molar-refractivity contribution < 1.29 is 13.9 Å². The normalized spacial score (nSPS) is 10.3. The minimum atomic E-state index is -0.607. The fourth-order valence-corrected chi connectivity index (χ4v) is 2.70. The monoisotopic (exact) mass is 295 g/mol. The molecule has 20 heavy (non-hydrogen) atoms. The number of thiophene rings is 1. The molecule has 7 heteroatoms. The maximum absolute atomic E-state index is 13.1. The van der Waals surface area contributed by atoms with Crippen LogP contribution in [0.1, 0.15) is 15.2 Å². The molecule has 0 unspecified atom stereocenters. The Morgan fingerprint density at radius 1 is 1.50 bits per heavy atom. The molecule has 2 rings (SSSR count). The molecular weight excluding hydrogens is 281 g/mol. The van der Waals surface area contributed by atoms with E-state index in [1.165, 1.54) is 19.2 Å². The van der Waals surface area contributed by atoms with Gasteiger partial charge in [-0.1, -0.05) is 12.1 Å². The Labute approximate surface area is 119 Å². The van der Waals surface area contributed by atoms with Crippen LogP contribution in [-0.2, 0) is 6.54 Å². The van der Waals surface area contributed by atoms with E-state index in [1.807, 2.05) is 0 Å². The zero-order valence-electron chi connectivity index (χ0n) is 10.8. The quantitative estimate of drug-likeness (QED) is 0.788. The molecule has 106 valence electrons. The molecule has 1 amide bonds. The van der Waals surface area contributed by atoms with Crippen LogP contribution < -0.4 is 21.5 Å². The number of rotatable bonds is 5. The zero-order valence-corrected chi connectivity index (χ0v) is 11.6. The number of halogens is 1. The molecule has 0 fully saturated rings. The summed E-state index contributed by atoms with van der Waals surface area (Å²) in [4.78, 5) is 11.5. The summed E-state index contributed by atoms with van der Waals surface area (Å²) in [6.45, 7) is 0.381. The van der Waals surface area contributed by atoms with E-state index in [4.69, 9.17) is 16.2 Å². The highest BCUT2D eigenvalue weighted by Crippen LogP contribution is 2.42. The van der Waals surface area contributed by atoms with Gasteiger partial charge in [0, 0.05) is 6.54 Å². The van der Waals surface area contributed by atoms with Crippen molar-refractivity contribution in [2.75, 3.05) is 18.2 Å². The van der Waals surface area contributed by atoms with Gasteiger partial charge in [-0.15, -0.1) is 11.3 Å². The molecule has 0 bridgehead atoms. The summed E-state index contributed by atoms with van der Waals surface area (Å²) in [6, 6.07) is 6.21. The van der Waals surface area contributed by atoms with E-state index >= 15 is 0 Å². The molecule has 1 aromatic heterocycles. The molecular formula is C13H14FN3O2S. The molecule has 0 saturated carbocycles. The van der Waals surface area contributed by atoms with Crippen molar-refractivity contribution in [1.82, 2.24) is 0 Å². The first kappa shape index (κ1) is 14.1. The van der Waals surface area contributed by atoms with Gasteiger partial charge in [-0.05, 0) is 17.7 Å². The average molecular weight is 295 g/mol. The van der Waals surface area contributed by atoms with Crippen molar-refractivity contribution in [2.45, 2.75) is 6.54 Å². The lowest BCUT2D eigenvalue weighted by atomic mass is 10.2. The van der Waals surface area contributed by atoms with Crippen LogP contribution in [0.2, 0.25) is 0 Å². The Hall–Kier alpha value is -2.28. The second-order valence-electron chi connectivity index (χ2n) is 4.05. The van der Waals surface area contributed by atoms with Gasteiger partial charge in [-0.2, -0.15) is 0 Å². The number of primary amides is 1. The Bertz CT molecular complexity index is 643. The van der Waals surface area contributed by atoms with Crippen LogP contribution in [0.15, 0.2) is 24.3 Å². The van der Waals surface area contributed by atoms with Gasteiger partial charge in [-0.25, -0.2) is 4.39 Å². The van der Waals surface area contributed by atoms with E-state index < -0.39 is 5.91 Å². The molecule has 0 aliphatic heterocycles. The maximum Gasteiger partial charge on any atom is 0.261 e. The molecule has 5 nitrogen and oxygen atoms in total. The first-order valence-electron chi connectivity index (χ1n) is 5.77. The molecule has 5 N–H and O–H groups in total. The van der Waals surface area contributed by atoms with Crippen LogP contribution in [0.25, 0.3) is 0 Å². The Kier molecular flexibility index (Phi) is 4.09. The largest absolute Gasteiger partial charge is 0.492 e. The molecule has 0 aliphatic carbocycles. The van der Waals surface area contributed by atoms with Crippen LogP contribution in [0.5, 0.6) is 5.75 Å². The number of ether oxygens (including phenoxy) is 1. The predicted molar refractivity (Wildman–Crippen MR) is 77.5 cm³/mol. The third-order valence-corrected chi connectivity index (χ3v) is 3.83. The van der Waals surface area contributed by atoms with Gasteiger partial charge in [0.25, 0.3) is 5.91 Å². The number of methoxy groups -OCH3 is 1. The summed E-state index contributed by atoms with van der Waals surface area (Å²) < 4.78 is 18.2. The molecule has 2 aromatic rings. The van der Waals surface area contributed by atoms with Gasteiger partial charge >= 0.3 is 0 Å². The predicted octanol–water partition coefficient (Wildman–Crippen LogP) is 2.19. The maximum atomic E-state index is 13.1. The summed E-state index contributed by atoms with van der Waals surface area (Å²) in [5.41, 5.74) is 12.0. The Morgan fingerprint density at radius 3 is 2.85 bits per heavy atom. The Morgan fingerprint density at radius 2 is 2.25 bits per heavy atom. The number of hydrogen-bond donors (Lipinski definition) is 3. The van der Waals surface area contributed by atoms with Crippen LogP contribution in [0.3, 0.4) is 0 Å². The third kappa shape index (κ3) is 2.83. The van der Waals surface area contributed by atoms with Crippen LogP contribution in [-0.4, -0.2) is 13.0 Å². The molecule has 1 aromatic carbocycles. The second-order valence-corrected chi connectivity index (χ2v) is 5.08. The highest BCUT2D eigenvalue weighted by Gasteiger charge is 2.19. The molecule has 0 saturated heterocycles. The molecule has 0 radical (unpaired) electrons. The standard InChI is InChI=1S/C13H14FN3O2S/c1-19-10-9(15)11(12(16)18)20-13(10)17-6-7-3-2-4-8(14)5-7/h2-5,17H,6,15H2,1H3,(H2,16,18). The fraction of sp³-hybridized carbons (Fsp3) is 0.154. The third-order valence-electron chi connectivity index (χ3n) is 2.67. The lowest BCUT2D eigenvalue weighted by molar-refractivity contribution is 0.100. The first-order chi connectivity index (χ1) is 9.52. The number of nitrogens with one attached hydrogen (secondary N) is 1. The number of benzene rings is 1. The van der Waals surface area contributed by atoms with Crippen molar-refractivity contribution in [2.24, 2.45) is 5.73 Å². The summed E-state index contributed by atoms with van der Waals surface area (Å²) in [7, 11) is 1.45. The summed E-state index contributed by atoms with van der Waals surface area (Å²) >= 11 is 1.11. The smallest absolute Gasteiger partial charge is 0.261 e. The highest BCUT2D eigenvalue weighted by molar-refractivity contribution is 7.19.